The van der Waals surface area contributed by atoms with E-state index in [9.17, 15) is 4.79 Å². The van der Waals surface area contributed by atoms with Crippen LogP contribution in [0.2, 0.25) is 0 Å². The fourth-order valence-corrected chi connectivity index (χ4v) is 2.74. The van der Waals surface area contributed by atoms with Crippen molar-refractivity contribution in [3.8, 4) is 5.75 Å². The number of rotatable bonds is 8. The molecule has 4 heteroatoms. The number of hydrogen-bond acceptors (Lipinski definition) is 4. The van der Waals surface area contributed by atoms with Crippen LogP contribution in [0.15, 0.2) is 24.3 Å². The molecule has 0 radical (unpaired) electrons. The highest BCUT2D eigenvalue weighted by atomic mass is 16.5. The first-order valence-electron chi connectivity index (χ1n) is 7.71. The van der Waals surface area contributed by atoms with Crippen molar-refractivity contribution in [2.75, 3.05) is 20.3 Å². The van der Waals surface area contributed by atoms with Gasteiger partial charge < -0.3 is 9.47 Å². The predicted molar refractivity (Wildman–Crippen MR) is 82.5 cm³/mol. The predicted octanol–water partition coefficient (Wildman–Crippen LogP) is 2.56. The standard InChI is InChI=1S/C17H25NO3/c1-4-13-7-6-8-15(11-13)21-12-17(18-5-2,14-9-10-14)16(19)20-3/h6-8,11,14,18H,4-5,9-10,12H2,1-3H3. The summed E-state index contributed by atoms with van der Waals surface area (Å²) < 4.78 is 10.9. The maximum absolute atomic E-state index is 12.3. The van der Waals surface area contributed by atoms with Gasteiger partial charge >= 0.3 is 5.97 Å². The van der Waals surface area contributed by atoms with Gasteiger partial charge in [-0.3, -0.25) is 5.32 Å². The SMILES string of the molecule is CCNC(COc1cccc(CC)c1)(C(=O)OC)C1CC1. The number of likely N-dealkylation sites (N-methyl/N-ethyl adjacent to an activating group) is 1. The van der Waals surface area contributed by atoms with Crippen LogP contribution in [0.1, 0.15) is 32.3 Å². The van der Waals surface area contributed by atoms with Crippen LogP contribution < -0.4 is 10.1 Å². The quantitative estimate of drug-likeness (QED) is 0.748. The lowest BCUT2D eigenvalue weighted by Gasteiger charge is -2.31. The van der Waals surface area contributed by atoms with Crippen LogP contribution in [0.3, 0.4) is 0 Å². The van der Waals surface area contributed by atoms with Gasteiger partial charge in [-0.25, -0.2) is 4.79 Å². The number of aryl methyl sites for hydroxylation is 1. The minimum atomic E-state index is -0.717. The average molecular weight is 291 g/mol. The summed E-state index contributed by atoms with van der Waals surface area (Å²) in [7, 11) is 1.44. The molecule has 2 rings (SSSR count). The number of nitrogens with one attached hydrogen (secondary N) is 1. The van der Waals surface area contributed by atoms with Crippen molar-refractivity contribution < 1.29 is 14.3 Å². The molecule has 4 nitrogen and oxygen atoms in total. The average Bonchev–Trinajstić information content (AvgIpc) is 3.36. The van der Waals surface area contributed by atoms with Gasteiger partial charge in [0.05, 0.1) is 7.11 Å². The number of methoxy groups -OCH3 is 1. The second-order valence-electron chi connectivity index (χ2n) is 5.56. The largest absolute Gasteiger partial charge is 0.491 e. The minimum absolute atomic E-state index is 0.224. The van der Waals surface area contributed by atoms with Crippen LogP contribution in [0, 0.1) is 5.92 Å². The highest BCUT2D eigenvalue weighted by Crippen LogP contribution is 2.40. The van der Waals surface area contributed by atoms with Crippen molar-refractivity contribution in [3.05, 3.63) is 29.8 Å². The maximum Gasteiger partial charge on any atom is 0.329 e. The van der Waals surface area contributed by atoms with Gasteiger partial charge in [-0.2, -0.15) is 0 Å². The van der Waals surface area contributed by atoms with Crippen molar-refractivity contribution in [2.24, 2.45) is 5.92 Å². The molecule has 1 fully saturated rings. The lowest BCUT2D eigenvalue weighted by Crippen LogP contribution is -2.58. The van der Waals surface area contributed by atoms with Gasteiger partial charge in [0.1, 0.15) is 12.4 Å². The van der Waals surface area contributed by atoms with E-state index >= 15 is 0 Å². The van der Waals surface area contributed by atoms with Crippen molar-refractivity contribution in [1.29, 1.82) is 0 Å². The van der Waals surface area contributed by atoms with E-state index < -0.39 is 5.54 Å². The van der Waals surface area contributed by atoms with Crippen molar-refractivity contribution in [1.82, 2.24) is 5.32 Å². The number of hydrogen-bond donors (Lipinski definition) is 1. The first kappa shape index (κ1) is 15.8. The van der Waals surface area contributed by atoms with E-state index in [1.165, 1.54) is 12.7 Å². The highest BCUT2D eigenvalue weighted by molar-refractivity contribution is 5.82. The third kappa shape index (κ3) is 3.56. The van der Waals surface area contributed by atoms with Crippen molar-refractivity contribution in [3.63, 3.8) is 0 Å². The third-order valence-electron chi connectivity index (χ3n) is 4.09. The molecule has 1 aliphatic rings. The zero-order valence-electron chi connectivity index (χ0n) is 13.1. The van der Waals surface area contributed by atoms with E-state index in [1.807, 2.05) is 25.1 Å². The van der Waals surface area contributed by atoms with Gasteiger partial charge in [0.25, 0.3) is 0 Å². The summed E-state index contributed by atoms with van der Waals surface area (Å²) in [5.41, 5.74) is 0.511. The van der Waals surface area contributed by atoms with Crippen LogP contribution in [0.4, 0.5) is 0 Å². The van der Waals surface area contributed by atoms with Gasteiger partial charge in [0, 0.05) is 0 Å². The minimum Gasteiger partial charge on any atom is -0.491 e. The topological polar surface area (TPSA) is 47.6 Å². The molecule has 21 heavy (non-hydrogen) atoms. The summed E-state index contributed by atoms with van der Waals surface area (Å²) in [5, 5.41) is 3.31. The third-order valence-corrected chi connectivity index (χ3v) is 4.09. The fourth-order valence-electron chi connectivity index (χ4n) is 2.74. The molecule has 1 unspecified atom stereocenters. The molecule has 0 heterocycles. The van der Waals surface area contributed by atoms with Gasteiger partial charge in [0.2, 0.25) is 0 Å². The van der Waals surface area contributed by atoms with Crippen molar-refractivity contribution >= 4 is 5.97 Å². The maximum atomic E-state index is 12.3. The molecule has 0 spiro atoms. The summed E-state index contributed by atoms with van der Waals surface area (Å²) in [4.78, 5) is 12.3. The lowest BCUT2D eigenvalue weighted by atomic mass is 9.94. The Morgan fingerprint density at radius 3 is 2.71 bits per heavy atom. The zero-order valence-corrected chi connectivity index (χ0v) is 13.1. The first-order valence-corrected chi connectivity index (χ1v) is 7.71. The molecule has 1 aromatic rings. The summed E-state index contributed by atoms with van der Waals surface area (Å²) in [6, 6.07) is 8.02. The lowest BCUT2D eigenvalue weighted by molar-refractivity contribution is -0.151. The van der Waals surface area contributed by atoms with E-state index in [-0.39, 0.29) is 5.97 Å². The molecule has 1 aromatic carbocycles. The molecule has 0 amide bonds. The monoisotopic (exact) mass is 291 g/mol. The number of carbonyl (C=O) groups excluding carboxylic acids is 1. The Hall–Kier alpha value is -1.55. The molecular formula is C17H25NO3. The van der Waals surface area contributed by atoms with Crippen LogP contribution in [-0.2, 0) is 16.0 Å². The fraction of sp³-hybridized carbons (Fsp3) is 0.588. The van der Waals surface area contributed by atoms with E-state index in [2.05, 4.69) is 18.3 Å². The molecule has 116 valence electrons. The molecule has 0 bridgehead atoms. The molecule has 0 aliphatic heterocycles. The van der Waals surface area contributed by atoms with Gasteiger partial charge in [0.15, 0.2) is 5.54 Å². The molecule has 0 saturated heterocycles. The summed E-state index contributed by atoms with van der Waals surface area (Å²) in [6.45, 7) is 5.13. The van der Waals surface area contributed by atoms with E-state index in [4.69, 9.17) is 9.47 Å². The number of esters is 1. The van der Waals surface area contributed by atoms with Crippen LogP contribution in [0.5, 0.6) is 5.75 Å². The summed E-state index contributed by atoms with van der Waals surface area (Å²) in [6.07, 6.45) is 3.05. The second-order valence-corrected chi connectivity index (χ2v) is 5.56. The van der Waals surface area contributed by atoms with Crippen LogP contribution in [0.25, 0.3) is 0 Å². The van der Waals surface area contributed by atoms with Crippen LogP contribution in [-0.4, -0.2) is 31.8 Å². The Morgan fingerprint density at radius 1 is 1.38 bits per heavy atom. The van der Waals surface area contributed by atoms with E-state index in [1.54, 1.807) is 0 Å². The normalized spacial score (nSPS) is 17.1. The van der Waals surface area contributed by atoms with E-state index in [0.29, 0.717) is 19.1 Å². The zero-order chi connectivity index (χ0) is 15.3. The summed E-state index contributed by atoms with van der Waals surface area (Å²) >= 11 is 0. The van der Waals surface area contributed by atoms with E-state index in [0.717, 1.165) is 25.0 Å². The van der Waals surface area contributed by atoms with Gasteiger partial charge in [-0.05, 0) is 49.4 Å². The molecular weight excluding hydrogens is 266 g/mol. The van der Waals surface area contributed by atoms with Gasteiger partial charge in [-0.1, -0.05) is 26.0 Å². The molecule has 1 atom stereocenters. The highest BCUT2D eigenvalue weighted by Gasteiger charge is 2.52. The molecule has 0 aromatic heterocycles. The summed E-state index contributed by atoms with van der Waals surface area (Å²) in [5.74, 6) is 0.888. The van der Waals surface area contributed by atoms with Gasteiger partial charge in [-0.15, -0.1) is 0 Å². The Balaban J connectivity index is 2.12. The Labute approximate surface area is 126 Å². The Bertz CT molecular complexity index is 485. The smallest absolute Gasteiger partial charge is 0.329 e. The first-order chi connectivity index (χ1) is 10.2. The van der Waals surface area contributed by atoms with Crippen LogP contribution >= 0.6 is 0 Å². The molecule has 1 N–H and O–H groups in total. The molecule has 1 saturated carbocycles. The number of benzene rings is 1. The Kier molecular flexibility index (Phi) is 5.23. The second kappa shape index (κ2) is 6.94. The number of ether oxygens (including phenoxy) is 2. The molecule has 1 aliphatic carbocycles. The number of carbonyl (C=O) groups is 1. The van der Waals surface area contributed by atoms with Crippen molar-refractivity contribution in [2.45, 2.75) is 38.6 Å². The Morgan fingerprint density at radius 2 is 2.14 bits per heavy atom.